The summed E-state index contributed by atoms with van der Waals surface area (Å²) in [6, 6.07) is 17.0. The summed E-state index contributed by atoms with van der Waals surface area (Å²) in [5.41, 5.74) is 4.89. The monoisotopic (exact) mass is 383 g/mol. The lowest BCUT2D eigenvalue weighted by atomic mass is 9.72. The van der Waals surface area contributed by atoms with E-state index < -0.39 is 10.7 Å². The lowest BCUT2D eigenvalue weighted by Crippen LogP contribution is -2.34. The average Bonchev–Trinajstić information content (AvgIpc) is 2.94. The molecule has 2 aliphatic rings. The molecule has 1 aliphatic carbocycles. The first kappa shape index (κ1) is 18.5. The maximum Gasteiger partial charge on any atom is 0.158 e. The van der Waals surface area contributed by atoms with E-state index in [1.54, 1.807) is 0 Å². The van der Waals surface area contributed by atoms with Crippen molar-refractivity contribution in [2.24, 2.45) is 5.92 Å². The molecule has 4 rings (SSSR count). The number of fused-ring (bicyclic) bond motifs is 1. The summed E-state index contributed by atoms with van der Waals surface area (Å²) in [5, 5.41) is 0. The molecule has 1 aliphatic heterocycles. The molecule has 0 bridgehead atoms. The first-order valence-corrected chi connectivity index (χ1v) is 11.5. The van der Waals surface area contributed by atoms with Crippen molar-refractivity contribution in [1.29, 1.82) is 0 Å². The van der Waals surface area contributed by atoms with E-state index in [0.29, 0.717) is 0 Å². The predicted octanol–water partition coefficient (Wildman–Crippen LogP) is 4.97. The van der Waals surface area contributed by atoms with Gasteiger partial charge in [-0.3, -0.25) is 0 Å². The fourth-order valence-electron chi connectivity index (χ4n) is 5.17. The van der Waals surface area contributed by atoms with E-state index in [9.17, 15) is 8.42 Å². The van der Waals surface area contributed by atoms with Crippen LogP contribution in [-0.2, 0) is 16.1 Å². The third-order valence-electron chi connectivity index (χ3n) is 6.38. The van der Waals surface area contributed by atoms with Crippen LogP contribution in [0.1, 0.15) is 51.0 Å². The van der Waals surface area contributed by atoms with Gasteiger partial charge in [0.25, 0.3) is 0 Å². The molecule has 0 N–H and O–H groups in total. The van der Waals surface area contributed by atoms with E-state index in [4.69, 9.17) is 0 Å². The highest BCUT2D eigenvalue weighted by Gasteiger charge is 2.40. The van der Waals surface area contributed by atoms with Gasteiger partial charge in [-0.1, -0.05) is 75.4 Å². The lowest BCUT2D eigenvalue weighted by Gasteiger charge is -2.32. The highest BCUT2D eigenvalue weighted by atomic mass is 32.2. The lowest BCUT2D eigenvalue weighted by molar-refractivity contribution is 0.277. The van der Waals surface area contributed by atoms with Crippen LogP contribution in [0.15, 0.2) is 48.5 Å². The smallest absolute Gasteiger partial charge is 0.158 e. The zero-order valence-corrected chi connectivity index (χ0v) is 17.0. The number of thiol groups is 1. The van der Waals surface area contributed by atoms with Gasteiger partial charge in [-0.2, -0.15) is 0 Å². The molecule has 0 aromatic heterocycles. The number of anilines is 1. The molecule has 4 heteroatoms. The molecule has 0 amide bonds. The second-order valence-corrected chi connectivity index (χ2v) is 9.49. The van der Waals surface area contributed by atoms with E-state index in [0.717, 1.165) is 24.6 Å². The maximum atomic E-state index is 11.4. The Kier molecular flexibility index (Phi) is 5.27. The van der Waals surface area contributed by atoms with E-state index in [1.807, 2.05) is 6.07 Å². The Balaban J connectivity index is 1.71. The summed E-state index contributed by atoms with van der Waals surface area (Å²) < 4.78 is 22.9. The summed E-state index contributed by atoms with van der Waals surface area (Å²) in [6.07, 6.45) is 7.84. The summed E-state index contributed by atoms with van der Waals surface area (Å²) in [5.74, 6) is 0.880. The first-order valence-electron chi connectivity index (χ1n) is 10.1. The normalized spacial score (nSPS) is 23.0. The van der Waals surface area contributed by atoms with Crippen LogP contribution < -0.4 is 4.90 Å². The van der Waals surface area contributed by atoms with Gasteiger partial charge in [0, 0.05) is 17.6 Å². The van der Waals surface area contributed by atoms with Crippen molar-refractivity contribution < 1.29 is 8.42 Å². The molecular weight excluding hydrogens is 354 g/mol. The Labute approximate surface area is 164 Å². The third kappa shape index (κ3) is 3.91. The van der Waals surface area contributed by atoms with E-state index in [-0.39, 0.29) is 11.3 Å². The van der Waals surface area contributed by atoms with Crippen LogP contribution >= 0.6 is 0 Å². The molecule has 0 radical (unpaired) electrons. The van der Waals surface area contributed by atoms with Gasteiger partial charge in [-0.15, -0.1) is 0 Å². The van der Waals surface area contributed by atoms with Crippen molar-refractivity contribution >= 4 is 16.4 Å². The second-order valence-electron chi connectivity index (χ2n) is 8.54. The maximum absolute atomic E-state index is 11.4. The number of rotatable bonds is 5. The molecule has 1 fully saturated rings. The second kappa shape index (κ2) is 7.67. The molecule has 144 valence electrons. The number of hydrogen-bond acceptors (Lipinski definition) is 3. The molecule has 2 aromatic rings. The van der Waals surface area contributed by atoms with E-state index in [2.05, 4.69) is 54.3 Å². The molecule has 27 heavy (non-hydrogen) atoms. The van der Waals surface area contributed by atoms with E-state index >= 15 is 0 Å². The first-order chi connectivity index (χ1) is 13.0. The number of nitrogens with zero attached hydrogens (tertiary/aromatic N) is 1. The largest absolute Gasteiger partial charge is 0.356 e. The molecule has 1 saturated carbocycles. The Hall–Kier alpha value is -1.81. The quantitative estimate of drug-likeness (QED) is 0.741. The van der Waals surface area contributed by atoms with Crippen LogP contribution in [0.4, 0.5) is 5.69 Å². The predicted molar refractivity (Wildman–Crippen MR) is 113 cm³/mol. The minimum absolute atomic E-state index is 0.0213. The summed E-state index contributed by atoms with van der Waals surface area (Å²) in [7, 11) is -2.42. The number of benzene rings is 2. The van der Waals surface area contributed by atoms with Gasteiger partial charge in [0.2, 0.25) is 0 Å². The van der Waals surface area contributed by atoms with Gasteiger partial charge < -0.3 is 4.90 Å². The third-order valence-corrected chi connectivity index (χ3v) is 6.96. The van der Waals surface area contributed by atoms with Gasteiger partial charge >= 0.3 is 0 Å². The molecule has 1 unspecified atom stereocenters. The Morgan fingerprint density at radius 2 is 1.74 bits per heavy atom. The van der Waals surface area contributed by atoms with Crippen LogP contribution in [0.25, 0.3) is 11.1 Å². The van der Waals surface area contributed by atoms with Crippen molar-refractivity contribution in [3.05, 3.63) is 54.1 Å². The van der Waals surface area contributed by atoms with Gasteiger partial charge in [0.15, 0.2) is 10.7 Å². The van der Waals surface area contributed by atoms with Crippen molar-refractivity contribution in [2.75, 3.05) is 17.3 Å². The van der Waals surface area contributed by atoms with Gasteiger partial charge in [0.1, 0.15) is 5.88 Å². The van der Waals surface area contributed by atoms with Crippen molar-refractivity contribution in [3.63, 3.8) is 0 Å². The van der Waals surface area contributed by atoms with Crippen LogP contribution in [0.2, 0.25) is 0 Å². The zero-order valence-electron chi connectivity index (χ0n) is 16.1. The van der Waals surface area contributed by atoms with Crippen molar-refractivity contribution in [3.8, 4) is 11.1 Å². The molecule has 1 atom stereocenters. The van der Waals surface area contributed by atoms with Crippen LogP contribution in [0.5, 0.6) is 0 Å². The van der Waals surface area contributed by atoms with E-state index in [1.165, 1.54) is 48.8 Å². The molecule has 0 spiro atoms. The van der Waals surface area contributed by atoms with Gasteiger partial charge in [-0.05, 0) is 41.2 Å². The minimum Gasteiger partial charge on any atom is -0.356 e. The molecule has 3 nitrogen and oxygen atoms in total. The molecular formula is C23H29NO2S. The van der Waals surface area contributed by atoms with Crippen LogP contribution in [-0.4, -0.2) is 20.8 Å². The highest BCUT2D eigenvalue weighted by Crippen LogP contribution is 2.47. The molecule has 2 aromatic carbocycles. The number of hydrogen-bond donors (Lipinski definition) is 1. The van der Waals surface area contributed by atoms with Crippen LogP contribution in [0.3, 0.4) is 0 Å². The topological polar surface area (TPSA) is 37.4 Å². The average molecular weight is 384 g/mol. The van der Waals surface area contributed by atoms with Crippen molar-refractivity contribution in [1.82, 2.24) is 0 Å². The molecule has 0 saturated heterocycles. The SMILES string of the molecule is CC1(CC2CCCCC2)CN(C[SH](=O)=O)c2ccc(-c3ccccc3)cc21. The minimum atomic E-state index is -2.42. The molecule has 1 heterocycles. The summed E-state index contributed by atoms with van der Waals surface area (Å²) >= 11 is 0. The van der Waals surface area contributed by atoms with Crippen LogP contribution in [0, 0.1) is 5.92 Å². The fourth-order valence-corrected chi connectivity index (χ4v) is 5.70. The zero-order chi connectivity index (χ0) is 18.9. The Morgan fingerprint density at radius 3 is 2.44 bits per heavy atom. The standard InChI is InChI=1S/C23H29NO2S/c1-23(15-18-8-4-2-5-9-18)16-24(17-27(25)26)22-13-12-20(14-21(22)23)19-10-6-3-7-11-19/h3,6-7,10-14,18,27H,2,4-5,8-9,15-17H2,1H3. The Bertz CT molecular complexity index is 863. The van der Waals surface area contributed by atoms with Gasteiger partial charge in [0.05, 0.1) is 0 Å². The van der Waals surface area contributed by atoms with Crippen molar-refractivity contribution in [2.45, 2.75) is 50.9 Å². The summed E-state index contributed by atoms with van der Waals surface area (Å²) in [6.45, 7) is 3.15. The highest BCUT2D eigenvalue weighted by molar-refractivity contribution is 7.72. The summed E-state index contributed by atoms with van der Waals surface area (Å²) in [4.78, 5) is 2.07. The Morgan fingerprint density at radius 1 is 1.00 bits per heavy atom. The fraction of sp³-hybridized carbons (Fsp3) is 0.478. The van der Waals surface area contributed by atoms with Gasteiger partial charge in [-0.25, -0.2) is 8.42 Å².